The van der Waals surface area contributed by atoms with Crippen molar-refractivity contribution in [3.05, 3.63) is 64.7 Å². The first-order chi connectivity index (χ1) is 14.5. The molecule has 3 aromatic rings. The van der Waals surface area contributed by atoms with Crippen molar-refractivity contribution in [2.24, 2.45) is 5.41 Å². The molecule has 0 N–H and O–H groups in total. The quantitative estimate of drug-likeness (QED) is 0.631. The number of rotatable bonds is 2. The van der Waals surface area contributed by atoms with Gasteiger partial charge in [-0.1, -0.05) is 11.6 Å². The summed E-state index contributed by atoms with van der Waals surface area (Å²) in [4.78, 5) is 6.87. The van der Waals surface area contributed by atoms with Gasteiger partial charge in [-0.05, 0) is 55.1 Å². The summed E-state index contributed by atoms with van der Waals surface area (Å²) in [5, 5.41) is 9.81. The normalized spacial score (nSPS) is 19.7. The molecule has 3 aliphatic heterocycles. The molecule has 1 spiro atoms. The van der Waals surface area contributed by atoms with Crippen LogP contribution in [0.15, 0.2) is 42.5 Å². The van der Waals surface area contributed by atoms with Crippen molar-refractivity contribution in [2.45, 2.75) is 13.1 Å². The second-order valence-corrected chi connectivity index (χ2v) is 9.32. The molecule has 0 atom stereocenters. The summed E-state index contributed by atoms with van der Waals surface area (Å²) in [6.45, 7) is 5.48. The molecular weight excluding hydrogens is 403 g/mol. The van der Waals surface area contributed by atoms with Gasteiger partial charge in [0.2, 0.25) is 5.95 Å². The van der Waals surface area contributed by atoms with E-state index in [0.717, 1.165) is 67.4 Å². The lowest BCUT2D eigenvalue weighted by molar-refractivity contribution is 0.154. The number of anilines is 2. The van der Waals surface area contributed by atoms with Gasteiger partial charge < -0.3 is 9.80 Å². The molecule has 0 unspecified atom stereocenters. The third kappa shape index (κ3) is 2.80. The minimum absolute atomic E-state index is 0.191. The molecule has 30 heavy (non-hydrogen) atoms. The van der Waals surface area contributed by atoms with E-state index in [2.05, 4.69) is 42.6 Å². The maximum Gasteiger partial charge on any atom is 0.231 e. The van der Waals surface area contributed by atoms with Crippen molar-refractivity contribution in [3.63, 3.8) is 0 Å². The van der Waals surface area contributed by atoms with Crippen LogP contribution in [-0.2, 0) is 13.1 Å². The first-order valence-corrected chi connectivity index (χ1v) is 10.5. The smallest absolute Gasteiger partial charge is 0.231 e. The van der Waals surface area contributed by atoms with Crippen LogP contribution in [0.3, 0.4) is 0 Å². The molecule has 2 saturated heterocycles. The lowest BCUT2D eigenvalue weighted by Gasteiger charge is -2.61. The number of nitrogens with zero attached hydrogens (tertiary/aromatic N) is 6. The molecular formula is C22H22ClFN6. The molecule has 0 saturated carbocycles. The molecule has 2 fully saturated rings. The Morgan fingerprint density at radius 1 is 0.933 bits per heavy atom. The lowest BCUT2D eigenvalue weighted by atomic mass is 9.72. The Bertz CT molecular complexity index is 1110. The second-order valence-electron chi connectivity index (χ2n) is 8.89. The van der Waals surface area contributed by atoms with E-state index in [4.69, 9.17) is 11.6 Å². The van der Waals surface area contributed by atoms with Gasteiger partial charge in [-0.2, -0.15) is 0 Å². The minimum Gasteiger partial charge on any atom is -0.370 e. The summed E-state index contributed by atoms with van der Waals surface area (Å²) < 4.78 is 15.4. The largest absolute Gasteiger partial charge is 0.370 e. The highest BCUT2D eigenvalue weighted by molar-refractivity contribution is 6.30. The fourth-order valence-corrected chi connectivity index (χ4v) is 5.25. The van der Waals surface area contributed by atoms with E-state index in [0.29, 0.717) is 0 Å². The van der Waals surface area contributed by atoms with Gasteiger partial charge in [0.25, 0.3) is 0 Å². The molecule has 154 valence electrons. The number of halogens is 2. The minimum atomic E-state index is -0.191. The zero-order valence-electron chi connectivity index (χ0n) is 16.7. The topological polar surface area (TPSA) is 40.4 Å². The van der Waals surface area contributed by atoms with Gasteiger partial charge in [-0.15, -0.1) is 10.2 Å². The Hall–Kier alpha value is -2.64. The molecule has 0 radical (unpaired) electrons. The average Bonchev–Trinajstić information content (AvgIpc) is 2.97. The lowest BCUT2D eigenvalue weighted by Crippen LogP contribution is -2.72. The number of hydrogen-bond acceptors (Lipinski definition) is 5. The van der Waals surface area contributed by atoms with Crippen LogP contribution in [0.4, 0.5) is 16.0 Å². The van der Waals surface area contributed by atoms with Gasteiger partial charge in [0.1, 0.15) is 5.82 Å². The van der Waals surface area contributed by atoms with Crippen molar-refractivity contribution >= 4 is 23.2 Å². The van der Waals surface area contributed by atoms with Crippen LogP contribution in [0.25, 0.3) is 5.69 Å². The summed E-state index contributed by atoms with van der Waals surface area (Å²) in [6.07, 6.45) is 0. The highest BCUT2D eigenvalue weighted by Crippen LogP contribution is 2.44. The number of aromatic nitrogens is 3. The van der Waals surface area contributed by atoms with E-state index in [1.165, 1.54) is 17.7 Å². The SMILES string of the molecule is CN1Cc2cc(Cl)ccc2-n2c(nnc2N2CC3(CN(c4ccc(F)cc4)C3)C2)C1. The van der Waals surface area contributed by atoms with Crippen LogP contribution in [-0.4, -0.2) is 52.9 Å². The monoisotopic (exact) mass is 424 g/mol. The second kappa shape index (κ2) is 6.43. The molecule has 0 bridgehead atoms. The van der Waals surface area contributed by atoms with E-state index in [1.54, 1.807) is 0 Å². The van der Waals surface area contributed by atoms with E-state index in [-0.39, 0.29) is 11.2 Å². The molecule has 3 aliphatic rings. The van der Waals surface area contributed by atoms with Crippen molar-refractivity contribution in [1.29, 1.82) is 0 Å². The number of benzene rings is 2. The Morgan fingerprint density at radius 2 is 1.67 bits per heavy atom. The zero-order chi connectivity index (χ0) is 20.5. The van der Waals surface area contributed by atoms with Gasteiger partial charge in [0, 0.05) is 48.8 Å². The van der Waals surface area contributed by atoms with E-state index >= 15 is 0 Å². The van der Waals surface area contributed by atoms with E-state index in [1.807, 2.05) is 24.3 Å². The van der Waals surface area contributed by atoms with Crippen LogP contribution in [0.1, 0.15) is 11.4 Å². The Labute approximate surface area is 179 Å². The van der Waals surface area contributed by atoms with Crippen LogP contribution >= 0.6 is 11.6 Å². The predicted molar refractivity (Wildman–Crippen MR) is 115 cm³/mol. The van der Waals surface area contributed by atoms with E-state index < -0.39 is 0 Å². The first kappa shape index (κ1) is 18.2. The van der Waals surface area contributed by atoms with Gasteiger partial charge in [0.05, 0.1) is 12.2 Å². The summed E-state index contributed by atoms with van der Waals surface area (Å²) in [6, 6.07) is 12.8. The Balaban J connectivity index is 1.23. The van der Waals surface area contributed by atoms with Gasteiger partial charge in [-0.25, -0.2) is 4.39 Å². The summed E-state index contributed by atoms with van der Waals surface area (Å²) in [5.74, 6) is 1.68. The maximum atomic E-state index is 13.2. The van der Waals surface area contributed by atoms with Gasteiger partial charge >= 0.3 is 0 Å². The van der Waals surface area contributed by atoms with Crippen LogP contribution in [0.5, 0.6) is 0 Å². The maximum absolute atomic E-state index is 13.2. The molecule has 1 aromatic heterocycles. The highest BCUT2D eigenvalue weighted by Gasteiger charge is 2.53. The standard InChI is InChI=1S/C22H22ClFN6/c1-27-9-15-8-16(23)2-7-19(15)30-20(10-27)25-26-21(30)29-13-22(14-29)11-28(12-22)18-5-3-17(24)4-6-18/h2-8H,9-14H2,1H3. The highest BCUT2D eigenvalue weighted by atomic mass is 35.5. The first-order valence-electron chi connectivity index (χ1n) is 10.2. The Morgan fingerprint density at radius 3 is 2.43 bits per heavy atom. The summed E-state index contributed by atoms with van der Waals surface area (Å²) in [7, 11) is 2.09. The summed E-state index contributed by atoms with van der Waals surface area (Å²) in [5.41, 5.74) is 3.67. The number of hydrogen-bond donors (Lipinski definition) is 0. The fourth-order valence-electron chi connectivity index (χ4n) is 5.05. The molecule has 4 heterocycles. The third-order valence-electron chi connectivity index (χ3n) is 6.43. The molecule has 6 rings (SSSR count). The fraction of sp³-hybridized carbons (Fsp3) is 0.364. The van der Waals surface area contributed by atoms with Gasteiger partial charge in [-0.3, -0.25) is 9.47 Å². The Kier molecular flexibility index (Phi) is 3.89. The molecule has 2 aromatic carbocycles. The van der Waals surface area contributed by atoms with Crippen molar-refractivity contribution < 1.29 is 4.39 Å². The van der Waals surface area contributed by atoms with Crippen molar-refractivity contribution in [1.82, 2.24) is 19.7 Å². The molecule has 0 aliphatic carbocycles. The summed E-state index contributed by atoms with van der Waals surface area (Å²) >= 11 is 6.26. The van der Waals surface area contributed by atoms with Crippen molar-refractivity contribution in [3.8, 4) is 5.69 Å². The van der Waals surface area contributed by atoms with Crippen LogP contribution in [0, 0.1) is 11.2 Å². The van der Waals surface area contributed by atoms with Gasteiger partial charge in [0.15, 0.2) is 5.82 Å². The zero-order valence-corrected chi connectivity index (χ0v) is 17.5. The average molecular weight is 425 g/mol. The predicted octanol–water partition coefficient (Wildman–Crippen LogP) is 3.33. The molecule has 8 heteroatoms. The number of fused-ring (bicyclic) bond motifs is 3. The van der Waals surface area contributed by atoms with E-state index in [9.17, 15) is 4.39 Å². The molecule has 6 nitrogen and oxygen atoms in total. The molecule has 0 amide bonds. The van der Waals surface area contributed by atoms with Crippen LogP contribution < -0.4 is 9.80 Å². The van der Waals surface area contributed by atoms with Crippen molar-refractivity contribution in [2.75, 3.05) is 43.0 Å². The third-order valence-corrected chi connectivity index (χ3v) is 6.66. The van der Waals surface area contributed by atoms with Crippen LogP contribution in [0.2, 0.25) is 5.02 Å².